The van der Waals surface area contributed by atoms with Gasteiger partial charge in [0.25, 0.3) is 0 Å². The van der Waals surface area contributed by atoms with Crippen LogP contribution in [-0.2, 0) is 11.2 Å². The van der Waals surface area contributed by atoms with Crippen molar-refractivity contribution in [3.05, 3.63) is 30.1 Å². The Balaban J connectivity index is 2.43. The van der Waals surface area contributed by atoms with E-state index < -0.39 is 5.97 Å². The van der Waals surface area contributed by atoms with Crippen LogP contribution < -0.4 is 0 Å². The maximum absolute atomic E-state index is 10.9. The highest BCUT2D eigenvalue weighted by atomic mass is 16.4. The molecule has 15 heavy (non-hydrogen) atoms. The summed E-state index contributed by atoms with van der Waals surface area (Å²) in [6.45, 7) is 2.01. The van der Waals surface area contributed by atoms with Gasteiger partial charge in [-0.1, -0.05) is 19.4 Å². The Morgan fingerprint density at radius 2 is 2.33 bits per heavy atom. The topological polar surface area (TPSA) is 50.2 Å². The zero-order valence-corrected chi connectivity index (χ0v) is 9.02. The molecule has 1 aromatic heterocycles. The highest BCUT2D eigenvalue weighted by Gasteiger charge is 2.15. The molecule has 1 N–H and O–H groups in total. The molecule has 0 aliphatic heterocycles. The molecule has 0 aromatic carbocycles. The van der Waals surface area contributed by atoms with Gasteiger partial charge in [-0.2, -0.15) is 0 Å². The van der Waals surface area contributed by atoms with Crippen LogP contribution in [0, 0.1) is 5.92 Å². The van der Waals surface area contributed by atoms with E-state index in [9.17, 15) is 4.79 Å². The number of aliphatic carboxylic acids is 1. The predicted molar refractivity (Wildman–Crippen MR) is 58.6 cm³/mol. The third-order valence-electron chi connectivity index (χ3n) is 2.49. The van der Waals surface area contributed by atoms with E-state index in [1.807, 2.05) is 19.1 Å². The van der Waals surface area contributed by atoms with Crippen LogP contribution >= 0.6 is 0 Å². The largest absolute Gasteiger partial charge is 0.481 e. The van der Waals surface area contributed by atoms with Gasteiger partial charge in [-0.05, 0) is 30.9 Å². The fourth-order valence-electron chi connectivity index (χ4n) is 1.63. The van der Waals surface area contributed by atoms with Crippen molar-refractivity contribution in [3.8, 4) is 0 Å². The van der Waals surface area contributed by atoms with Gasteiger partial charge in [0, 0.05) is 12.4 Å². The van der Waals surface area contributed by atoms with Crippen LogP contribution in [0.4, 0.5) is 0 Å². The number of aryl methyl sites for hydroxylation is 1. The molecular formula is C12H17NO2. The first-order valence-electron chi connectivity index (χ1n) is 5.35. The van der Waals surface area contributed by atoms with E-state index in [4.69, 9.17) is 5.11 Å². The molecule has 1 heterocycles. The summed E-state index contributed by atoms with van der Waals surface area (Å²) in [5, 5.41) is 8.97. The number of carbonyl (C=O) groups is 1. The minimum absolute atomic E-state index is 0.213. The molecule has 82 valence electrons. The molecule has 0 radical (unpaired) electrons. The molecular weight excluding hydrogens is 190 g/mol. The van der Waals surface area contributed by atoms with Crippen molar-refractivity contribution in [2.45, 2.75) is 32.6 Å². The van der Waals surface area contributed by atoms with Gasteiger partial charge in [-0.15, -0.1) is 0 Å². The molecule has 1 atom stereocenters. The van der Waals surface area contributed by atoms with Crippen LogP contribution in [0.5, 0.6) is 0 Å². The van der Waals surface area contributed by atoms with Gasteiger partial charge in [-0.3, -0.25) is 9.78 Å². The van der Waals surface area contributed by atoms with E-state index in [0.29, 0.717) is 6.42 Å². The van der Waals surface area contributed by atoms with Gasteiger partial charge in [0.1, 0.15) is 0 Å². The molecule has 0 saturated heterocycles. The SMILES string of the molecule is CCCC(CCc1cccnc1)C(=O)O. The fourth-order valence-corrected chi connectivity index (χ4v) is 1.63. The van der Waals surface area contributed by atoms with Gasteiger partial charge < -0.3 is 5.11 Å². The second-order valence-electron chi connectivity index (χ2n) is 3.72. The zero-order valence-electron chi connectivity index (χ0n) is 9.02. The average molecular weight is 207 g/mol. The lowest BCUT2D eigenvalue weighted by Crippen LogP contribution is -2.14. The van der Waals surface area contributed by atoms with Crippen LogP contribution in [0.15, 0.2) is 24.5 Å². The van der Waals surface area contributed by atoms with Crippen molar-refractivity contribution in [3.63, 3.8) is 0 Å². The molecule has 0 aliphatic carbocycles. The van der Waals surface area contributed by atoms with E-state index >= 15 is 0 Å². The highest BCUT2D eigenvalue weighted by Crippen LogP contribution is 2.14. The first-order valence-corrected chi connectivity index (χ1v) is 5.35. The van der Waals surface area contributed by atoms with Crippen LogP contribution in [-0.4, -0.2) is 16.1 Å². The third kappa shape index (κ3) is 4.11. The van der Waals surface area contributed by atoms with Crippen molar-refractivity contribution in [2.24, 2.45) is 5.92 Å². The summed E-state index contributed by atoms with van der Waals surface area (Å²) in [7, 11) is 0. The van der Waals surface area contributed by atoms with Crippen molar-refractivity contribution in [1.82, 2.24) is 4.98 Å². The summed E-state index contributed by atoms with van der Waals surface area (Å²) < 4.78 is 0. The van der Waals surface area contributed by atoms with Gasteiger partial charge in [0.2, 0.25) is 0 Å². The predicted octanol–water partition coefficient (Wildman–Crippen LogP) is 2.52. The average Bonchev–Trinajstić information content (AvgIpc) is 2.25. The molecule has 0 bridgehead atoms. The van der Waals surface area contributed by atoms with E-state index in [1.54, 1.807) is 12.4 Å². The monoisotopic (exact) mass is 207 g/mol. The molecule has 0 saturated carbocycles. The Hall–Kier alpha value is -1.38. The second kappa shape index (κ2) is 6.17. The molecule has 1 aromatic rings. The van der Waals surface area contributed by atoms with E-state index in [-0.39, 0.29) is 5.92 Å². The molecule has 1 unspecified atom stereocenters. The Morgan fingerprint density at radius 3 is 2.87 bits per heavy atom. The minimum Gasteiger partial charge on any atom is -0.481 e. The molecule has 3 heteroatoms. The summed E-state index contributed by atoms with van der Waals surface area (Å²) in [6.07, 6.45) is 6.70. The van der Waals surface area contributed by atoms with Crippen molar-refractivity contribution in [1.29, 1.82) is 0 Å². The van der Waals surface area contributed by atoms with Crippen molar-refractivity contribution < 1.29 is 9.90 Å². The Morgan fingerprint density at radius 1 is 1.53 bits per heavy atom. The van der Waals surface area contributed by atoms with E-state index in [2.05, 4.69) is 4.98 Å². The number of nitrogens with zero attached hydrogens (tertiary/aromatic N) is 1. The van der Waals surface area contributed by atoms with Crippen LogP contribution in [0.2, 0.25) is 0 Å². The maximum atomic E-state index is 10.9. The smallest absolute Gasteiger partial charge is 0.306 e. The van der Waals surface area contributed by atoms with E-state index in [0.717, 1.165) is 24.8 Å². The quantitative estimate of drug-likeness (QED) is 0.779. The molecule has 0 spiro atoms. The number of hydrogen-bond donors (Lipinski definition) is 1. The van der Waals surface area contributed by atoms with Crippen molar-refractivity contribution >= 4 is 5.97 Å². The van der Waals surface area contributed by atoms with Crippen LogP contribution in [0.25, 0.3) is 0 Å². The maximum Gasteiger partial charge on any atom is 0.306 e. The number of rotatable bonds is 6. The molecule has 3 nitrogen and oxygen atoms in total. The molecule has 0 amide bonds. The Kier molecular flexibility index (Phi) is 4.81. The zero-order chi connectivity index (χ0) is 11.1. The van der Waals surface area contributed by atoms with Gasteiger partial charge in [-0.25, -0.2) is 0 Å². The van der Waals surface area contributed by atoms with Gasteiger partial charge in [0.15, 0.2) is 0 Å². The van der Waals surface area contributed by atoms with Gasteiger partial charge in [0.05, 0.1) is 5.92 Å². The lowest BCUT2D eigenvalue weighted by Gasteiger charge is -2.10. The summed E-state index contributed by atoms with van der Waals surface area (Å²) >= 11 is 0. The second-order valence-corrected chi connectivity index (χ2v) is 3.72. The first kappa shape index (κ1) is 11.7. The number of carboxylic acids is 1. The molecule has 0 fully saturated rings. The number of aromatic nitrogens is 1. The van der Waals surface area contributed by atoms with Crippen LogP contribution in [0.1, 0.15) is 31.7 Å². The summed E-state index contributed by atoms with van der Waals surface area (Å²) in [4.78, 5) is 14.9. The van der Waals surface area contributed by atoms with Gasteiger partial charge >= 0.3 is 5.97 Å². The lowest BCUT2D eigenvalue weighted by molar-refractivity contribution is -0.142. The minimum atomic E-state index is -0.680. The number of carboxylic acid groups (broad SMARTS) is 1. The first-order chi connectivity index (χ1) is 7.24. The fraction of sp³-hybridized carbons (Fsp3) is 0.500. The lowest BCUT2D eigenvalue weighted by atomic mass is 9.96. The Labute approximate surface area is 90.2 Å². The van der Waals surface area contributed by atoms with Crippen molar-refractivity contribution in [2.75, 3.05) is 0 Å². The summed E-state index contributed by atoms with van der Waals surface area (Å²) in [5.74, 6) is -0.893. The standard InChI is InChI=1S/C12H17NO2/c1-2-4-11(12(14)15)7-6-10-5-3-8-13-9-10/h3,5,8-9,11H,2,4,6-7H2,1H3,(H,14,15). The molecule has 1 rings (SSSR count). The van der Waals surface area contributed by atoms with Crippen LogP contribution in [0.3, 0.4) is 0 Å². The van der Waals surface area contributed by atoms with E-state index in [1.165, 1.54) is 0 Å². The molecule has 0 aliphatic rings. The highest BCUT2D eigenvalue weighted by molar-refractivity contribution is 5.69. The summed E-state index contributed by atoms with van der Waals surface area (Å²) in [5.41, 5.74) is 1.11. The normalized spacial score (nSPS) is 12.3. The third-order valence-corrected chi connectivity index (χ3v) is 2.49. The number of hydrogen-bond acceptors (Lipinski definition) is 2. The summed E-state index contributed by atoms with van der Waals surface area (Å²) in [6, 6.07) is 3.86. The Bertz CT molecular complexity index is 298. The number of pyridine rings is 1.